The molecule has 9 aromatic rings. The molecule has 0 spiro atoms. The summed E-state index contributed by atoms with van der Waals surface area (Å²) in [5, 5.41) is 2.61. The number of fused-ring (bicyclic) bond motifs is 6. The number of hydrogen-bond acceptors (Lipinski definition) is 2. The Bertz CT molecular complexity index is 2990. The third-order valence-corrected chi connectivity index (χ3v) is 13.3. The first-order valence-electron chi connectivity index (χ1n) is 20.4. The van der Waals surface area contributed by atoms with Crippen molar-refractivity contribution in [1.82, 2.24) is 0 Å². The molecule has 1 nitrogen and oxygen atoms in total. The molecule has 11 rings (SSSR count). The molecule has 2 aliphatic carbocycles. The molecule has 2 aliphatic rings. The standard InChI is InChI=1S/C56H41NS/c1-3-12-38(13-4-1)39-24-28-46(29-25-39)57(48-32-33-56-54(37-48)51-20-9-10-21-55(51)58-56)47-30-26-40(27-31-47)42-16-11-17-43(34-42)44-22-23-45-36-52(41-14-5-2-6-15-41)49-18-7-8-19-50(49)53(45)35-44/h1-16,18-35,37,43,52H,17,36H2. The summed E-state index contributed by atoms with van der Waals surface area (Å²) in [5.41, 5.74) is 16.8. The fourth-order valence-electron chi connectivity index (χ4n) is 9.26. The Morgan fingerprint density at radius 1 is 0.466 bits per heavy atom. The minimum Gasteiger partial charge on any atom is -0.310 e. The van der Waals surface area contributed by atoms with Crippen molar-refractivity contribution in [2.45, 2.75) is 24.7 Å². The highest BCUT2D eigenvalue weighted by Gasteiger charge is 2.27. The number of allylic oxidation sites excluding steroid dienone is 4. The van der Waals surface area contributed by atoms with Crippen LogP contribution in [0, 0.1) is 0 Å². The molecule has 1 heterocycles. The number of hydrogen-bond donors (Lipinski definition) is 0. The molecule has 0 fully saturated rings. The van der Waals surface area contributed by atoms with Gasteiger partial charge in [0.2, 0.25) is 0 Å². The molecule has 2 atom stereocenters. The van der Waals surface area contributed by atoms with Crippen LogP contribution < -0.4 is 4.90 Å². The fourth-order valence-corrected chi connectivity index (χ4v) is 10.3. The first kappa shape index (κ1) is 34.5. The molecule has 8 aromatic carbocycles. The van der Waals surface area contributed by atoms with Gasteiger partial charge in [-0.05, 0) is 117 Å². The Kier molecular flexibility index (Phi) is 8.71. The molecule has 58 heavy (non-hydrogen) atoms. The summed E-state index contributed by atoms with van der Waals surface area (Å²) in [4.78, 5) is 2.39. The van der Waals surface area contributed by atoms with E-state index in [9.17, 15) is 0 Å². The number of benzene rings is 8. The first-order valence-corrected chi connectivity index (χ1v) is 21.2. The van der Waals surface area contributed by atoms with Crippen molar-refractivity contribution >= 4 is 54.1 Å². The van der Waals surface area contributed by atoms with E-state index >= 15 is 0 Å². The van der Waals surface area contributed by atoms with E-state index in [4.69, 9.17) is 0 Å². The molecule has 0 bridgehead atoms. The maximum absolute atomic E-state index is 2.48. The van der Waals surface area contributed by atoms with Gasteiger partial charge in [0.05, 0.1) is 0 Å². The van der Waals surface area contributed by atoms with E-state index in [2.05, 4.69) is 217 Å². The fraction of sp³-hybridized carbons (Fsp3) is 0.0714. The Labute approximate surface area is 344 Å². The molecule has 0 N–H and O–H groups in total. The van der Waals surface area contributed by atoms with Gasteiger partial charge in [-0.25, -0.2) is 0 Å². The summed E-state index contributed by atoms with van der Waals surface area (Å²) in [6, 6.07) is 71.7. The van der Waals surface area contributed by atoms with E-state index in [0.29, 0.717) is 11.8 Å². The Balaban J connectivity index is 0.924. The second kappa shape index (κ2) is 14.6. The third-order valence-electron chi connectivity index (χ3n) is 12.2. The van der Waals surface area contributed by atoms with Crippen LogP contribution in [0.4, 0.5) is 17.1 Å². The van der Waals surface area contributed by atoms with E-state index in [1.165, 1.54) is 75.8 Å². The SMILES string of the molecule is C1=CC(c2ccc(N(c3ccc(-c4ccccc4)cc3)c3ccc4sc5ccccc5c4c3)cc2)=CC(c2ccc3c(c2)-c2ccccc2C(c2ccccc2)C3)C1. The molecule has 0 aliphatic heterocycles. The second-order valence-corrected chi connectivity index (χ2v) is 16.7. The number of nitrogens with zero attached hydrogens (tertiary/aromatic N) is 1. The zero-order valence-electron chi connectivity index (χ0n) is 32.1. The Hall–Kier alpha value is -6.74. The van der Waals surface area contributed by atoms with Crippen molar-refractivity contribution in [2.75, 3.05) is 4.90 Å². The zero-order valence-corrected chi connectivity index (χ0v) is 32.9. The van der Waals surface area contributed by atoms with Crippen LogP contribution in [0.15, 0.2) is 212 Å². The Morgan fingerprint density at radius 2 is 1.12 bits per heavy atom. The van der Waals surface area contributed by atoms with Gasteiger partial charge in [0.15, 0.2) is 0 Å². The van der Waals surface area contributed by atoms with Crippen LogP contribution in [0.3, 0.4) is 0 Å². The number of thiophene rings is 1. The van der Waals surface area contributed by atoms with Gasteiger partial charge < -0.3 is 4.90 Å². The van der Waals surface area contributed by atoms with Gasteiger partial charge in [0.25, 0.3) is 0 Å². The summed E-state index contributed by atoms with van der Waals surface area (Å²) < 4.78 is 2.63. The number of rotatable bonds is 7. The topological polar surface area (TPSA) is 3.24 Å². The van der Waals surface area contributed by atoms with Gasteiger partial charge in [-0.15, -0.1) is 11.3 Å². The van der Waals surface area contributed by atoms with Crippen LogP contribution in [-0.2, 0) is 6.42 Å². The van der Waals surface area contributed by atoms with E-state index in [1.807, 2.05) is 11.3 Å². The van der Waals surface area contributed by atoms with Gasteiger partial charge in [0.1, 0.15) is 0 Å². The third kappa shape index (κ3) is 6.27. The van der Waals surface area contributed by atoms with Crippen LogP contribution >= 0.6 is 11.3 Å². The van der Waals surface area contributed by atoms with E-state index in [0.717, 1.165) is 29.9 Å². The van der Waals surface area contributed by atoms with Crippen LogP contribution in [-0.4, -0.2) is 0 Å². The van der Waals surface area contributed by atoms with E-state index < -0.39 is 0 Å². The normalized spacial score (nSPS) is 15.8. The molecular formula is C56H41NS. The van der Waals surface area contributed by atoms with E-state index in [1.54, 1.807) is 0 Å². The molecule has 0 saturated heterocycles. The lowest BCUT2D eigenvalue weighted by Gasteiger charge is -2.29. The van der Waals surface area contributed by atoms with Crippen molar-refractivity contribution in [3.05, 3.63) is 240 Å². The van der Waals surface area contributed by atoms with E-state index in [-0.39, 0.29) is 0 Å². The molecule has 0 radical (unpaired) electrons. The minimum absolute atomic E-state index is 0.316. The highest BCUT2D eigenvalue weighted by Crippen LogP contribution is 2.45. The summed E-state index contributed by atoms with van der Waals surface area (Å²) >= 11 is 1.86. The van der Waals surface area contributed by atoms with Crippen molar-refractivity contribution in [1.29, 1.82) is 0 Å². The lowest BCUT2D eigenvalue weighted by molar-refractivity contribution is 0.790. The molecule has 1 aromatic heterocycles. The highest BCUT2D eigenvalue weighted by atomic mass is 32.1. The van der Waals surface area contributed by atoms with Crippen molar-refractivity contribution < 1.29 is 0 Å². The summed E-state index contributed by atoms with van der Waals surface area (Å²) in [5.74, 6) is 0.696. The first-order chi connectivity index (χ1) is 28.7. The van der Waals surface area contributed by atoms with Gasteiger partial charge in [0, 0.05) is 49.1 Å². The minimum atomic E-state index is 0.316. The summed E-state index contributed by atoms with van der Waals surface area (Å²) in [6.45, 7) is 0. The predicted molar refractivity (Wildman–Crippen MR) is 248 cm³/mol. The lowest BCUT2D eigenvalue weighted by atomic mass is 9.74. The molecule has 0 amide bonds. The van der Waals surface area contributed by atoms with Crippen LogP contribution in [0.1, 0.15) is 46.1 Å². The number of anilines is 3. The Morgan fingerprint density at radius 3 is 1.93 bits per heavy atom. The molecule has 276 valence electrons. The molecule has 2 unspecified atom stereocenters. The average molecular weight is 760 g/mol. The van der Waals surface area contributed by atoms with Crippen molar-refractivity contribution in [2.24, 2.45) is 0 Å². The van der Waals surface area contributed by atoms with Crippen LogP contribution in [0.5, 0.6) is 0 Å². The maximum atomic E-state index is 2.48. The largest absolute Gasteiger partial charge is 0.310 e. The van der Waals surface area contributed by atoms with Gasteiger partial charge in [-0.2, -0.15) is 0 Å². The van der Waals surface area contributed by atoms with Gasteiger partial charge in [-0.1, -0.05) is 164 Å². The summed E-state index contributed by atoms with van der Waals surface area (Å²) in [7, 11) is 0. The van der Waals surface area contributed by atoms with Crippen molar-refractivity contribution in [3.63, 3.8) is 0 Å². The lowest BCUT2D eigenvalue weighted by Crippen LogP contribution is -2.13. The van der Waals surface area contributed by atoms with Crippen LogP contribution in [0.25, 0.3) is 48.0 Å². The average Bonchev–Trinajstić information content (AvgIpc) is 3.68. The molecule has 2 heteroatoms. The smallest absolute Gasteiger partial charge is 0.0468 e. The summed E-state index contributed by atoms with van der Waals surface area (Å²) in [6.07, 6.45) is 9.17. The van der Waals surface area contributed by atoms with Gasteiger partial charge in [-0.3, -0.25) is 0 Å². The van der Waals surface area contributed by atoms with Crippen molar-refractivity contribution in [3.8, 4) is 22.3 Å². The second-order valence-electron chi connectivity index (χ2n) is 15.6. The van der Waals surface area contributed by atoms with Gasteiger partial charge >= 0.3 is 0 Å². The predicted octanol–water partition coefficient (Wildman–Crippen LogP) is 15.7. The maximum Gasteiger partial charge on any atom is 0.0468 e. The van der Waals surface area contributed by atoms with Crippen LogP contribution in [0.2, 0.25) is 0 Å². The highest BCUT2D eigenvalue weighted by molar-refractivity contribution is 7.25. The quantitative estimate of drug-likeness (QED) is 0.156. The zero-order chi connectivity index (χ0) is 38.4. The monoisotopic (exact) mass is 759 g/mol. The molecular weight excluding hydrogens is 719 g/mol. The molecule has 0 saturated carbocycles.